The third kappa shape index (κ3) is 4.46. The van der Waals surface area contributed by atoms with Gasteiger partial charge in [-0.15, -0.1) is 10.2 Å². The monoisotopic (exact) mass is 394 g/mol. The number of nitrogens with one attached hydrogen (secondary N) is 1. The SMILES string of the molecule is Cc1ccc(-c2nnc(-c3ccccc3)[nH]2)cc1SN1CCC(CCO)CC1. The van der Waals surface area contributed by atoms with Crippen molar-refractivity contribution in [3.63, 3.8) is 0 Å². The van der Waals surface area contributed by atoms with Gasteiger partial charge in [-0.3, -0.25) is 0 Å². The summed E-state index contributed by atoms with van der Waals surface area (Å²) in [6.45, 7) is 4.60. The Balaban J connectivity index is 1.48. The van der Waals surface area contributed by atoms with E-state index in [9.17, 15) is 0 Å². The summed E-state index contributed by atoms with van der Waals surface area (Å²) in [6, 6.07) is 16.5. The summed E-state index contributed by atoms with van der Waals surface area (Å²) >= 11 is 1.83. The highest BCUT2D eigenvalue weighted by molar-refractivity contribution is 7.97. The summed E-state index contributed by atoms with van der Waals surface area (Å²) < 4.78 is 2.44. The highest BCUT2D eigenvalue weighted by Crippen LogP contribution is 2.33. The number of nitrogens with zero attached hydrogens (tertiary/aromatic N) is 3. The molecule has 0 bridgehead atoms. The lowest BCUT2D eigenvalue weighted by atomic mass is 9.95. The molecule has 5 nitrogen and oxygen atoms in total. The van der Waals surface area contributed by atoms with Crippen LogP contribution in [-0.2, 0) is 0 Å². The fourth-order valence-electron chi connectivity index (χ4n) is 3.57. The van der Waals surface area contributed by atoms with E-state index in [4.69, 9.17) is 5.11 Å². The quantitative estimate of drug-likeness (QED) is 0.601. The Bertz CT molecular complexity index is 904. The molecule has 28 heavy (non-hydrogen) atoms. The second-order valence-corrected chi connectivity index (χ2v) is 8.48. The van der Waals surface area contributed by atoms with Gasteiger partial charge in [0.15, 0.2) is 11.6 Å². The smallest absolute Gasteiger partial charge is 0.161 e. The molecule has 0 radical (unpaired) electrons. The molecule has 4 rings (SSSR count). The van der Waals surface area contributed by atoms with Crippen molar-refractivity contribution in [1.29, 1.82) is 0 Å². The van der Waals surface area contributed by atoms with Crippen molar-refractivity contribution in [2.45, 2.75) is 31.1 Å². The number of aromatic nitrogens is 3. The van der Waals surface area contributed by atoms with Crippen LogP contribution in [0.25, 0.3) is 22.8 Å². The van der Waals surface area contributed by atoms with E-state index in [0.717, 1.165) is 55.1 Å². The second-order valence-electron chi connectivity index (χ2n) is 7.34. The van der Waals surface area contributed by atoms with Crippen molar-refractivity contribution in [1.82, 2.24) is 19.5 Å². The molecular formula is C22H26N4OS. The number of aryl methyl sites for hydroxylation is 1. The minimum absolute atomic E-state index is 0.307. The maximum atomic E-state index is 9.14. The summed E-state index contributed by atoms with van der Waals surface area (Å²) in [5.41, 5.74) is 3.36. The molecule has 1 aliphatic rings. The molecule has 0 aliphatic carbocycles. The molecule has 1 saturated heterocycles. The van der Waals surface area contributed by atoms with Crippen LogP contribution in [0.2, 0.25) is 0 Å². The van der Waals surface area contributed by atoms with Crippen LogP contribution in [0.5, 0.6) is 0 Å². The van der Waals surface area contributed by atoms with Crippen LogP contribution in [-0.4, -0.2) is 44.3 Å². The summed E-state index contributed by atoms with van der Waals surface area (Å²) in [5, 5.41) is 17.8. The lowest BCUT2D eigenvalue weighted by Crippen LogP contribution is -2.28. The molecule has 2 N–H and O–H groups in total. The Morgan fingerprint density at radius 2 is 1.75 bits per heavy atom. The molecule has 1 aromatic heterocycles. The predicted octanol–water partition coefficient (Wildman–Crippen LogP) is 4.55. The van der Waals surface area contributed by atoms with Gasteiger partial charge in [0.25, 0.3) is 0 Å². The van der Waals surface area contributed by atoms with E-state index in [1.165, 1.54) is 10.5 Å². The van der Waals surface area contributed by atoms with Crippen LogP contribution >= 0.6 is 11.9 Å². The molecule has 0 amide bonds. The topological polar surface area (TPSA) is 65.0 Å². The molecule has 0 atom stereocenters. The van der Waals surface area contributed by atoms with Crippen molar-refractivity contribution < 1.29 is 5.11 Å². The van der Waals surface area contributed by atoms with E-state index in [1.807, 2.05) is 42.3 Å². The average Bonchev–Trinajstić information content (AvgIpc) is 3.22. The fraction of sp³-hybridized carbons (Fsp3) is 0.364. The number of aliphatic hydroxyl groups excluding tert-OH is 1. The van der Waals surface area contributed by atoms with Gasteiger partial charge in [-0.05, 0) is 55.7 Å². The first-order valence-electron chi connectivity index (χ1n) is 9.86. The van der Waals surface area contributed by atoms with Gasteiger partial charge in [0.05, 0.1) is 0 Å². The molecule has 6 heteroatoms. The number of aromatic amines is 1. The number of hydrogen-bond acceptors (Lipinski definition) is 5. The van der Waals surface area contributed by atoms with Gasteiger partial charge >= 0.3 is 0 Å². The highest BCUT2D eigenvalue weighted by Gasteiger charge is 2.20. The number of hydrogen-bond donors (Lipinski definition) is 2. The minimum Gasteiger partial charge on any atom is -0.396 e. The Kier molecular flexibility index (Phi) is 6.10. The van der Waals surface area contributed by atoms with E-state index in [1.54, 1.807) is 0 Å². The third-order valence-corrected chi connectivity index (χ3v) is 6.59. The van der Waals surface area contributed by atoms with Gasteiger partial charge in [0, 0.05) is 35.7 Å². The number of piperidine rings is 1. The standard InChI is InChI=1S/C22H26N4OS/c1-16-7-8-19(22-23-21(24-25-22)18-5-3-2-4-6-18)15-20(16)28-26-12-9-17(10-13-26)11-14-27/h2-8,15,17,27H,9-14H2,1H3,(H,23,24,25). The highest BCUT2D eigenvalue weighted by atomic mass is 32.2. The maximum absolute atomic E-state index is 9.14. The minimum atomic E-state index is 0.307. The van der Waals surface area contributed by atoms with Crippen molar-refractivity contribution in [3.8, 4) is 22.8 Å². The fourth-order valence-corrected chi connectivity index (χ4v) is 4.64. The lowest BCUT2D eigenvalue weighted by Gasteiger charge is -2.31. The molecule has 1 aliphatic heterocycles. The summed E-state index contributed by atoms with van der Waals surface area (Å²) in [4.78, 5) is 4.61. The average molecular weight is 395 g/mol. The number of rotatable bonds is 6. The lowest BCUT2D eigenvalue weighted by molar-refractivity contribution is 0.213. The zero-order valence-corrected chi connectivity index (χ0v) is 17.0. The van der Waals surface area contributed by atoms with Gasteiger partial charge < -0.3 is 10.1 Å². The Morgan fingerprint density at radius 1 is 1.04 bits per heavy atom. The van der Waals surface area contributed by atoms with E-state index in [0.29, 0.717) is 12.5 Å². The maximum Gasteiger partial charge on any atom is 0.161 e. The summed E-state index contributed by atoms with van der Waals surface area (Å²) in [5.74, 6) is 2.25. The first-order chi connectivity index (χ1) is 13.7. The normalized spacial score (nSPS) is 15.8. The summed E-state index contributed by atoms with van der Waals surface area (Å²) in [6.07, 6.45) is 3.26. The van der Waals surface area contributed by atoms with Crippen LogP contribution < -0.4 is 0 Å². The third-order valence-electron chi connectivity index (χ3n) is 5.33. The van der Waals surface area contributed by atoms with Gasteiger partial charge in [-0.1, -0.05) is 42.5 Å². The molecule has 1 fully saturated rings. The Morgan fingerprint density at radius 3 is 2.46 bits per heavy atom. The zero-order chi connectivity index (χ0) is 19.3. The largest absolute Gasteiger partial charge is 0.396 e. The van der Waals surface area contributed by atoms with E-state index < -0.39 is 0 Å². The van der Waals surface area contributed by atoms with Crippen LogP contribution in [0.4, 0.5) is 0 Å². The first kappa shape index (κ1) is 19.2. The molecule has 146 valence electrons. The molecular weight excluding hydrogens is 368 g/mol. The summed E-state index contributed by atoms with van der Waals surface area (Å²) in [7, 11) is 0. The zero-order valence-electron chi connectivity index (χ0n) is 16.1. The van der Waals surface area contributed by atoms with Gasteiger partial charge in [0.1, 0.15) is 0 Å². The predicted molar refractivity (Wildman–Crippen MR) is 114 cm³/mol. The molecule has 0 unspecified atom stereocenters. The van der Waals surface area contributed by atoms with Crippen LogP contribution in [0.3, 0.4) is 0 Å². The van der Waals surface area contributed by atoms with E-state index in [2.05, 4.69) is 44.6 Å². The van der Waals surface area contributed by atoms with Crippen LogP contribution in [0.15, 0.2) is 53.4 Å². The molecule has 0 spiro atoms. The van der Waals surface area contributed by atoms with Gasteiger partial charge in [-0.2, -0.15) is 0 Å². The van der Waals surface area contributed by atoms with Crippen LogP contribution in [0, 0.1) is 12.8 Å². The molecule has 3 aromatic rings. The van der Waals surface area contributed by atoms with Gasteiger partial charge in [-0.25, -0.2) is 4.31 Å². The van der Waals surface area contributed by atoms with Crippen molar-refractivity contribution in [2.24, 2.45) is 5.92 Å². The van der Waals surface area contributed by atoms with Gasteiger partial charge in [0.2, 0.25) is 0 Å². The van der Waals surface area contributed by atoms with Crippen LogP contribution in [0.1, 0.15) is 24.8 Å². The van der Waals surface area contributed by atoms with E-state index >= 15 is 0 Å². The number of H-pyrrole nitrogens is 1. The molecule has 2 aromatic carbocycles. The number of benzene rings is 2. The van der Waals surface area contributed by atoms with E-state index in [-0.39, 0.29) is 0 Å². The molecule has 0 saturated carbocycles. The van der Waals surface area contributed by atoms with Crippen molar-refractivity contribution >= 4 is 11.9 Å². The first-order valence-corrected chi connectivity index (χ1v) is 10.6. The Hall–Kier alpha value is -2.15. The number of aliphatic hydroxyl groups is 1. The molecule has 2 heterocycles. The second kappa shape index (κ2) is 8.90. The Labute approximate surface area is 170 Å². The van der Waals surface area contributed by atoms with Crippen molar-refractivity contribution in [3.05, 3.63) is 54.1 Å². The van der Waals surface area contributed by atoms with Crippen molar-refractivity contribution in [2.75, 3.05) is 19.7 Å².